The second kappa shape index (κ2) is 21.2. The number of alkyl halides is 12. The van der Waals surface area contributed by atoms with E-state index in [0.717, 1.165) is 24.3 Å². The van der Waals surface area contributed by atoms with E-state index in [1.807, 2.05) is 0 Å². The molecule has 0 radical (unpaired) electrons. The van der Waals surface area contributed by atoms with E-state index in [1.54, 1.807) is 182 Å². The Morgan fingerprint density at radius 1 is 0.282 bits per heavy atom. The first-order valence-electron chi connectivity index (χ1n) is 24.1. The van der Waals surface area contributed by atoms with E-state index in [4.69, 9.17) is 13.5 Å². The van der Waals surface area contributed by atoms with Crippen molar-refractivity contribution in [3.05, 3.63) is 282 Å². The summed E-state index contributed by atoms with van der Waals surface area (Å²) in [7, 11) is -2.45. The van der Waals surface area contributed by atoms with Crippen LogP contribution in [0, 0.1) is 0 Å². The Morgan fingerprint density at radius 2 is 0.513 bits per heavy atom. The van der Waals surface area contributed by atoms with Crippen LogP contribution >= 0.6 is 13.7 Å². The van der Waals surface area contributed by atoms with Gasteiger partial charge in [0.1, 0.15) is 0 Å². The van der Waals surface area contributed by atoms with Gasteiger partial charge in [0.2, 0.25) is 0 Å². The predicted molar refractivity (Wildman–Crippen MR) is 286 cm³/mol. The normalized spacial score (nSPS) is 13.6. The van der Waals surface area contributed by atoms with Gasteiger partial charge in [0.15, 0.2) is 0 Å². The van der Waals surface area contributed by atoms with Gasteiger partial charge in [0.25, 0.3) is 0 Å². The fraction of sp³-hybridized carbons (Fsp3) is 0.100. The van der Waals surface area contributed by atoms with E-state index in [9.17, 15) is 52.7 Å². The van der Waals surface area contributed by atoms with Crippen molar-refractivity contribution < 1.29 is 66.2 Å². The topological polar surface area (TPSA) is 27.7 Å². The molecule has 0 aliphatic rings. The molecular formula is C60H45BF12O3P2. The molecule has 78 heavy (non-hydrogen) atoms. The molecule has 9 aromatic carbocycles. The third-order valence-corrected chi connectivity index (χ3v) is 25.3. The summed E-state index contributed by atoms with van der Waals surface area (Å²) < 4.78 is 198. The van der Waals surface area contributed by atoms with Gasteiger partial charge in [-0.05, 0) is 0 Å². The predicted octanol–water partition coefficient (Wildman–Crippen LogP) is 15.4. The van der Waals surface area contributed by atoms with Crippen LogP contribution in [0.25, 0.3) is 0 Å². The molecular weight excluding hydrogens is 1070 g/mol. The van der Waals surface area contributed by atoms with Crippen LogP contribution in [0.3, 0.4) is 0 Å². The summed E-state index contributed by atoms with van der Waals surface area (Å²) in [5.74, 6) is -1.01. The summed E-state index contributed by atoms with van der Waals surface area (Å²) in [4.78, 5) is 0. The van der Waals surface area contributed by atoms with Crippen LogP contribution < -0.4 is 36.5 Å². The molecule has 3 nitrogen and oxygen atoms in total. The van der Waals surface area contributed by atoms with Crippen molar-refractivity contribution in [3.8, 4) is 5.75 Å². The van der Waals surface area contributed by atoms with Gasteiger partial charge in [-0.2, -0.15) is 0 Å². The zero-order valence-electron chi connectivity index (χ0n) is 40.8. The van der Waals surface area contributed by atoms with Gasteiger partial charge < -0.3 is 0 Å². The Labute approximate surface area is 442 Å². The van der Waals surface area contributed by atoms with Crippen LogP contribution in [0.15, 0.2) is 249 Å². The second-order valence-electron chi connectivity index (χ2n) is 18.5. The number of halogens is 12. The third kappa shape index (κ3) is 10.6. The van der Waals surface area contributed by atoms with Gasteiger partial charge in [-0.1, -0.05) is 0 Å². The molecule has 0 spiro atoms. The summed E-state index contributed by atoms with van der Waals surface area (Å²) in [6, 6.07) is 60.2. The Bertz CT molecular complexity index is 3020. The monoisotopic (exact) mass is 1110 g/mol. The minimum atomic E-state index is -5.36. The average Bonchev–Trinajstić information content (AvgIpc) is 3.58. The Balaban J connectivity index is 1.47. The van der Waals surface area contributed by atoms with Crippen molar-refractivity contribution in [2.24, 2.45) is 0 Å². The van der Waals surface area contributed by atoms with Crippen LogP contribution in [0.1, 0.15) is 33.4 Å². The molecule has 0 unspecified atom stereocenters. The SMILES string of the molecule is FC(F)(F)c1ccc(CP(OB(Oc2cc(C(F)(F)F)cc(C(F)(F)F)c2)OP(Cc2ccc(C(F)(F)F)cc2)(c2ccccc2)(c2ccccc2)c2ccccc2)(c2ccccc2)(c2ccccc2)c2ccccc2)cc1. The van der Waals surface area contributed by atoms with Crippen LogP contribution in [-0.4, -0.2) is 7.32 Å². The number of benzene rings is 9. The molecule has 0 aliphatic heterocycles. The van der Waals surface area contributed by atoms with Gasteiger partial charge in [-0.25, -0.2) is 0 Å². The molecule has 9 rings (SSSR count). The molecule has 0 fully saturated rings. The molecule has 0 N–H and O–H groups in total. The summed E-state index contributed by atoms with van der Waals surface area (Å²) in [5, 5.41) is 2.25. The fourth-order valence-corrected chi connectivity index (χ4v) is 21.6. The molecule has 0 atom stereocenters. The zero-order valence-corrected chi connectivity index (χ0v) is 42.6. The van der Waals surface area contributed by atoms with Crippen molar-refractivity contribution in [2.45, 2.75) is 37.0 Å². The molecule has 0 amide bonds. The second-order valence-corrected chi connectivity index (χ2v) is 27.5. The van der Waals surface area contributed by atoms with Gasteiger partial charge in [-0.3, -0.25) is 0 Å². The summed E-state index contributed by atoms with van der Waals surface area (Å²) in [6.07, 6.45) is -20.9. The molecule has 0 bridgehead atoms. The number of hydrogen-bond donors (Lipinski definition) is 0. The van der Waals surface area contributed by atoms with Crippen molar-refractivity contribution >= 4 is 52.8 Å². The van der Waals surface area contributed by atoms with E-state index in [0.29, 0.717) is 44.0 Å². The molecule has 0 heterocycles. The van der Waals surface area contributed by atoms with E-state index in [2.05, 4.69) is 0 Å². The van der Waals surface area contributed by atoms with Crippen molar-refractivity contribution in [1.29, 1.82) is 0 Å². The quantitative estimate of drug-likeness (QED) is 0.0548. The summed E-state index contributed by atoms with van der Waals surface area (Å²) in [5.41, 5.74) is -4.92. The standard InChI is InChI=1S/C60H45BF12O3P2/c62-57(63,64)46-35-31-44(32-36-46)42-77(51-19-7-1-8-20-51,52-21-9-2-10-22-52,53-23-11-3-12-24-53)75-61(74-50-40-48(59(68,69)70)39-49(41-50)60(71,72)73)76-78(54-25-13-4-14-26-54,55-27-15-5-16-28-55,56-29-17-6-18-30-56)43-45-33-37-47(38-34-45)58(65,66)67/h1-41H,42-43H2. The first-order valence-corrected chi connectivity index (χ1v) is 28.7. The first kappa shape index (κ1) is 55.5. The van der Waals surface area contributed by atoms with Crippen LogP contribution in [0.5, 0.6) is 5.75 Å². The van der Waals surface area contributed by atoms with Gasteiger partial charge >= 0.3 is 444 Å². The van der Waals surface area contributed by atoms with Gasteiger partial charge in [0, 0.05) is 0 Å². The van der Waals surface area contributed by atoms with Gasteiger partial charge in [0.05, 0.1) is 0 Å². The number of hydrogen-bond acceptors (Lipinski definition) is 3. The van der Waals surface area contributed by atoms with Crippen LogP contribution in [0.2, 0.25) is 0 Å². The molecule has 0 aromatic heterocycles. The molecule has 0 aliphatic carbocycles. The van der Waals surface area contributed by atoms with E-state index < -0.39 is 73.7 Å². The Hall–Kier alpha value is -7.22. The minimum absolute atomic E-state index is 0.0609. The summed E-state index contributed by atoms with van der Waals surface area (Å²) >= 11 is 0. The van der Waals surface area contributed by atoms with E-state index >= 15 is 0 Å². The van der Waals surface area contributed by atoms with E-state index in [-0.39, 0.29) is 29.5 Å². The third-order valence-electron chi connectivity index (χ3n) is 13.8. The molecule has 0 saturated heterocycles. The fourth-order valence-electron chi connectivity index (χ4n) is 10.2. The van der Waals surface area contributed by atoms with Crippen LogP contribution in [0.4, 0.5) is 52.7 Å². The Morgan fingerprint density at radius 3 is 0.731 bits per heavy atom. The van der Waals surface area contributed by atoms with Gasteiger partial charge in [-0.15, -0.1) is 0 Å². The summed E-state index contributed by atoms with van der Waals surface area (Å²) in [6.45, 7) is -10.6. The first-order chi connectivity index (χ1) is 37.0. The zero-order chi connectivity index (χ0) is 55.5. The molecule has 9 aromatic rings. The maximum absolute atomic E-state index is 14.9. The number of rotatable bonds is 16. The van der Waals surface area contributed by atoms with Crippen LogP contribution in [-0.2, 0) is 45.9 Å². The molecule has 400 valence electrons. The van der Waals surface area contributed by atoms with Crippen molar-refractivity contribution in [3.63, 3.8) is 0 Å². The molecule has 0 saturated carbocycles. The Kier molecular flexibility index (Phi) is 15.1. The average molecular weight is 1110 g/mol. The molecule has 18 heteroatoms. The van der Waals surface area contributed by atoms with Crippen molar-refractivity contribution in [1.82, 2.24) is 0 Å². The van der Waals surface area contributed by atoms with Crippen molar-refractivity contribution in [2.75, 3.05) is 0 Å². The maximum atomic E-state index is 14.9. The van der Waals surface area contributed by atoms with E-state index in [1.165, 1.54) is 24.3 Å².